The predicted octanol–water partition coefficient (Wildman–Crippen LogP) is 1.21. The van der Waals surface area contributed by atoms with Crippen LogP contribution in [0.25, 0.3) is 0 Å². The number of aromatic nitrogens is 2. The van der Waals surface area contributed by atoms with Gasteiger partial charge in [0.25, 0.3) is 5.91 Å². The Bertz CT molecular complexity index is 294. The third kappa shape index (κ3) is 4.87. The molecule has 1 unspecified atom stereocenters. The highest BCUT2D eigenvalue weighted by molar-refractivity contribution is 7.03. The maximum atomic E-state index is 11.6. The average Bonchev–Trinajstić information content (AvgIpc) is 2.77. The molecular weight excluding hydrogens is 248 g/mol. The Balaban J connectivity index is 0.00000225. The van der Waals surface area contributed by atoms with E-state index in [9.17, 15) is 4.79 Å². The summed E-state index contributed by atoms with van der Waals surface area (Å²) in [5.41, 5.74) is 5.94. The van der Waals surface area contributed by atoms with E-state index in [2.05, 4.69) is 21.8 Å². The quantitative estimate of drug-likeness (QED) is 0.809. The van der Waals surface area contributed by atoms with Gasteiger partial charge < -0.3 is 11.1 Å². The van der Waals surface area contributed by atoms with Gasteiger partial charge in [-0.05, 0) is 18.0 Å². The molecule has 1 rings (SSSR count). The standard InChI is InChI=1S/C9H16N4OS.ClH/c1-2-3-4-7(5-10)11-9(14)8-6-15-13-12-8;/h6-7H,2-5,10H2,1H3,(H,11,14);1H. The number of hydrogen-bond acceptors (Lipinski definition) is 5. The molecule has 7 heteroatoms. The van der Waals surface area contributed by atoms with Crippen molar-refractivity contribution in [2.75, 3.05) is 6.54 Å². The van der Waals surface area contributed by atoms with E-state index >= 15 is 0 Å². The van der Waals surface area contributed by atoms with Crippen LogP contribution in [0.5, 0.6) is 0 Å². The minimum Gasteiger partial charge on any atom is -0.347 e. The molecule has 0 aromatic carbocycles. The van der Waals surface area contributed by atoms with Crippen LogP contribution in [0.3, 0.4) is 0 Å². The minimum absolute atomic E-state index is 0. The van der Waals surface area contributed by atoms with Crippen LogP contribution in [0.2, 0.25) is 0 Å². The number of nitrogens with one attached hydrogen (secondary N) is 1. The Morgan fingerprint density at radius 2 is 2.44 bits per heavy atom. The summed E-state index contributed by atoms with van der Waals surface area (Å²) in [6.45, 7) is 2.57. The molecule has 0 radical (unpaired) electrons. The first-order valence-electron chi connectivity index (χ1n) is 5.06. The molecule has 0 aliphatic rings. The van der Waals surface area contributed by atoms with Gasteiger partial charge in [0.2, 0.25) is 0 Å². The van der Waals surface area contributed by atoms with E-state index in [0.717, 1.165) is 19.3 Å². The molecule has 0 spiro atoms. The first-order chi connectivity index (χ1) is 7.27. The van der Waals surface area contributed by atoms with Crippen LogP contribution in [0.15, 0.2) is 5.38 Å². The van der Waals surface area contributed by atoms with Gasteiger partial charge in [0.05, 0.1) is 0 Å². The highest BCUT2D eigenvalue weighted by Crippen LogP contribution is 2.02. The third-order valence-electron chi connectivity index (χ3n) is 2.12. The summed E-state index contributed by atoms with van der Waals surface area (Å²) in [7, 11) is 0. The molecule has 1 aromatic rings. The molecule has 3 N–H and O–H groups in total. The van der Waals surface area contributed by atoms with Crippen LogP contribution in [-0.4, -0.2) is 28.1 Å². The second kappa shape index (κ2) is 8.43. The molecule has 1 atom stereocenters. The third-order valence-corrected chi connectivity index (χ3v) is 2.62. The fourth-order valence-corrected chi connectivity index (χ4v) is 1.66. The lowest BCUT2D eigenvalue weighted by Gasteiger charge is -2.15. The number of halogens is 1. The smallest absolute Gasteiger partial charge is 0.272 e. The lowest BCUT2D eigenvalue weighted by molar-refractivity contribution is 0.0930. The van der Waals surface area contributed by atoms with Crippen molar-refractivity contribution in [1.82, 2.24) is 14.9 Å². The topological polar surface area (TPSA) is 80.9 Å². The Hall–Kier alpha value is -0.720. The van der Waals surface area contributed by atoms with Crippen molar-refractivity contribution in [2.24, 2.45) is 5.73 Å². The van der Waals surface area contributed by atoms with Gasteiger partial charge in [0.1, 0.15) is 0 Å². The maximum absolute atomic E-state index is 11.6. The Kier molecular flexibility index (Phi) is 8.05. The number of rotatable bonds is 6. The summed E-state index contributed by atoms with van der Waals surface area (Å²) < 4.78 is 3.64. The first kappa shape index (κ1) is 15.3. The lowest BCUT2D eigenvalue weighted by atomic mass is 10.1. The monoisotopic (exact) mass is 264 g/mol. The SMILES string of the molecule is CCCCC(CN)NC(=O)c1csnn1.Cl. The van der Waals surface area contributed by atoms with E-state index in [1.807, 2.05) is 0 Å². The van der Waals surface area contributed by atoms with Crippen LogP contribution >= 0.6 is 23.9 Å². The second-order valence-electron chi connectivity index (χ2n) is 3.34. The van der Waals surface area contributed by atoms with Crippen LogP contribution in [0, 0.1) is 0 Å². The summed E-state index contributed by atoms with van der Waals surface area (Å²) in [5, 5.41) is 8.17. The van der Waals surface area contributed by atoms with Gasteiger partial charge in [-0.25, -0.2) is 0 Å². The fourth-order valence-electron chi connectivity index (χ4n) is 1.22. The van der Waals surface area contributed by atoms with Crippen LogP contribution in [-0.2, 0) is 0 Å². The molecule has 0 saturated carbocycles. The van der Waals surface area contributed by atoms with Crippen LogP contribution < -0.4 is 11.1 Å². The first-order valence-corrected chi connectivity index (χ1v) is 5.89. The molecule has 0 aliphatic heterocycles. The zero-order valence-electron chi connectivity index (χ0n) is 9.18. The van der Waals surface area contributed by atoms with E-state index in [0.29, 0.717) is 12.2 Å². The van der Waals surface area contributed by atoms with E-state index in [1.165, 1.54) is 11.5 Å². The number of nitrogens with two attached hydrogens (primary N) is 1. The average molecular weight is 265 g/mol. The highest BCUT2D eigenvalue weighted by atomic mass is 35.5. The molecule has 1 aromatic heterocycles. The van der Waals surface area contributed by atoms with E-state index in [1.54, 1.807) is 5.38 Å². The summed E-state index contributed by atoms with van der Waals surface area (Å²) in [6.07, 6.45) is 3.08. The number of hydrogen-bond donors (Lipinski definition) is 2. The van der Waals surface area contributed by atoms with Crippen molar-refractivity contribution in [3.8, 4) is 0 Å². The van der Waals surface area contributed by atoms with Crippen molar-refractivity contribution in [3.63, 3.8) is 0 Å². The number of nitrogens with zero attached hydrogens (tertiary/aromatic N) is 2. The molecule has 0 aliphatic carbocycles. The lowest BCUT2D eigenvalue weighted by Crippen LogP contribution is -2.40. The van der Waals surface area contributed by atoms with Gasteiger partial charge in [0.15, 0.2) is 5.69 Å². The van der Waals surface area contributed by atoms with Crippen molar-refractivity contribution < 1.29 is 4.79 Å². The molecule has 5 nitrogen and oxygen atoms in total. The minimum atomic E-state index is -0.185. The molecule has 0 fully saturated rings. The van der Waals surface area contributed by atoms with E-state index in [4.69, 9.17) is 5.73 Å². The van der Waals surface area contributed by atoms with Gasteiger partial charge >= 0.3 is 0 Å². The number of carbonyl (C=O) groups is 1. The normalized spacial score (nSPS) is 11.6. The molecule has 0 saturated heterocycles. The summed E-state index contributed by atoms with van der Waals surface area (Å²) in [4.78, 5) is 11.6. The number of unbranched alkanes of at least 4 members (excludes halogenated alkanes) is 1. The van der Waals surface area contributed by atoms with Crippen molar-refractivity contribution >= 4 is 29.8 Å². The van der Waals surface area contributed by atoms with Gasteiger partial charge in [-0.1, -0.05) is 24.3 Å². The molecule has 0 bridgehead atoms. The summed E-state index contributed by atoms with van der Waals surface area (Å²) in [5.74, 6) is -0.185. The van der Waals surface area contributed by atoms with Crippen molar-refractivity contribution in [2.45, 2.75) is 32.2 Å². The number of carbonyl (C=O) groups excluding carboxylic acids is 1. The number of amides is 1. The fraction of sp³-hybridized carbons (Fsp3) is 0.667. The van der Waals surface area contributed by atoms with Gasteiger partial charge in [-0.15, -0.1) is 17.5 Å². The predicted molar refractivity (Wildman–Crippen MR) is 67.0 cm³/mol. The Morgan fingerprint density at radius 1 is 1.69 bits per heavy atom. The van der Waals surface area contributed by atoms with Crippen LogP contribution in [0.1, 0.15) is 36.7 Å². The molecular formula is C9H17ClN4OS. The molecule has 92 valence electrons. The van der Waals surface area contributed by atoms with Gasteiger partial charge in [-0.2, -0.15) is 0 Å². The van der Waals surface area contributed by atoms with Gasteiger partial charge in [0, 0.05) is 18.0 Å². The molecule has 16 heavy (non-hydrogen) atoms. The maximum Gasteiger partial charge on any atom is 0.272 e. The van der Waals surface area contributed by atoms with Crippen molar-refractivity contribution in [1.29, 1.82) is 0 Å². The van der Waals surface area contributed by atoms with Crippen LogP contribution in [0.4, 0.5) is 0 Å². The summed E-state index contributed by atoms with van der Waals surface area (Å²) in [6, 6.07) is 0.0409. The zero-order chi connectivity index (χ0) is 11.1. The van der Waals surface area contributed by atoms with Crippen molar-refractivity contribution in [3.05, 3.63) is 11.1 Å². The zero-order valence-corrected chi connectivity index (χ0v) is 10.8. The second-order valence-corrected chi connectivity index (χ2v) is 3.95. The molecule has 1 heterocycles. The summed E-state index contributed by atoms with van der Waals surface area (Å²) >= 11 is 1.17. The Labute approximate surface area is 105 Å². The molecule has 1 amide bonds. The largest absolute Gasteiger partial charge is 0.347 e. The Morgan fingerprint density at radius 3 is 2.94 bits per heavy atom. The van der Waals surface area contributed by atoms with E-state index < -0.39 is 0 Å². The highest BCUT2D eigenvalue weighted by Gasteiger charge is 2.13. The van der Waals surface area contributed by atoms with E-state index in [-0.39, 0.29) is 24.4 Å². The van der Waals surface area contributed by atoms with Gasteiger partial charge in [-0.3, -0.25) is 4.79 Å².